The highest BCUT2D eigenvalue weighted by Crippen LogP contribution is 2.38. The van der Waals surface area contributed by atoms with Gasteiger partial charge in [-0.15, -0.1) is 11.3 Å². The van der Waals surface area contributed by atoms with E-state index in [2.05, 4.69) is 73.0 Å². The first kappa shape index (κ1) is 21.4. The topological polar surface area (TPSA) is 32.3 Å². The molecule has 1 saturated heterocycles. The number of thiazole rings is 1. The van der Waals surface area contributed by atoms with E-state index in [4.69, 9.17) is 21.6 Å². The number of nitrogens with zero attached hydrogens (tertiary/aromatic N) is 4. The standard InChI is InChI=1S/C26H27ClN4S/c1-17(2)30-11-13-31(14-12-30)24-6-4-5-22(28-24)26-29-23-16-18(3)15-21(25(23)32-26)19-7-9-20(27)10-8-19/h4-10,15-17H,11-14H2,1-3H3. The number of piperazine rings is 1. The zero-order chi connectivity index (χ0) is 22.2. The maximum atomic E-state index is 6.11. The Morgan fingerprint density at radius 1 is 0.938 bits per heavy atom. The van der Waals surface area contributed by atoms with Crippen molar-refractivity contribution in [2.45, 2.75) is 26.8 Å². The summed E-state index contributed by atoms with van der Waals surface area (Å²) < 4.78 is 1.19. The first-order valence-electron chi connectivity index (χ1n) is 11.1. The number of benzene rings is 2. The minimum atomic E-state index is 0.595. The SMILES string of the molecule is Cc1cc(-c2ccc(Cl)cc2)c2sc(-c3cccc(N4CCN(C(C)C)CC4)n3)nc2c1. The lowest BCUT2D eigenvalue weighted by Crippen LogP contribution is -2.49. The second kappa shape index (κ2) is 8.81. The number of aryl methyl sites for hydroxylation is 1. The molecular weight excluding hydrogens is 436 g/mol. The Kier molecular flexibility index (Phi) is 5.89. The van der Waals surface area contributed by atoms with Crippen LogP contribution in [0, 0.1) is 6.92 Å². The number of hydrogen-bond donors (Lipinski definition) is 0. The van der Waals surface area contributed by atoms with Gasteiger partial charge in [-0.05, 0) is 68.3 Å². The Labute approximate surface area is 198 Å². The average Bonchev–Trinajstić information content (AvgIpc) is 3.23. The van der Waals surface area contributed by atoms with Crippen LogP contribution in [-0.2, 0) is 0 Å². The molecule has 0 spiro atoms. The van der Waals surface area contributed by atoms with Gasteiger partial charge in [-0.25, -0.2) is 9.97 Å². The Morgan fingerprint density at radius 2 is 1.69 bits per heavy atom. The minimum absolute atomic E-state index is 0.595. The Morgan fingerprint density at radius 3 is 2.41 bits per heavy atom. The second-order valence-electron chi connectivity index (χ2n) is 8.68. The summed E-state index contributed by atoms with van der Waals surface area (Å²) in [6.45, 7) is 10.8. The van der Waals surface area contributed by atoms with Gasteiger partial charge < -0.3 is 4.90 Å². The highest BCUT2D eigenvalue weighted by Gasteiger charge is 2.20. The number of halogens is 1. The van der Waals surface area contributed by atoms with Crippen molar-refractivity contribution in [2.75, 3.05) is 31.1 Å². The summed E-state index contributed by atoms with van der Waals surface area (Å²) in [6, 6.07) is 19.3. The molecule has 5 rings (SSSR count). The fourth-order valence-corrected chi connectivity index (χ4v) is 5.49. The van der Waals surface area contributed by atoms with Crippen LogP contribution in [0.1, 0.15) is 19.4 Å². The Bertz CT molecular complexity index is 1240. The normalized spacial score (nSPS) is 15.1. The second-order valence-corrected chi connectivity index (χ2v) is 10.1. The van der Waals surface area contributed by atoms with E-state index in [-0.39, 0.29) is 0 Å². The van der Waals surface area contributed by atoms with Gasteiger partial charge in [0.1, 0.15) is 16.5 Å². The van der Waals surface area contributed by atoms with E-state index in [0.717, 1.165) is 58.8 Å². The molecule has 3 heterocycles. The van der Waals surface area contributed by atoms with Gasteiger partial charge in [0.2, 0.25) is 0 Å². The van der Waals surface area contributed by atoms with Crippen LogP contribution in [0.2, 0.25) is 5.02 Å². The molecule has 2 aromatic heterocycles. The lowest BCUT2D eigenvalue weighted by molar-refractivity contribution is 0.209. The molecule has 0 unspecified atom stereocenters. The first-order chi connectivity index (χ1) is 15.5. The lowest BCUT2D eigenvalue weighted by atomic mass is 10.0. The van der Waals surface area contributed by atoms with Crippen LogP contribution in [0.3, 0.4) is 0 Å². The van der Waals surface area contributed by atoms with Crippen LogP contribution < -0.4 is 4.90 Å². The van der Waals surface area contributed by atoms with Crippen molar-refractivity contribution in [3.63, 3.8) is 0 Å². The molecule has 4 aromatic rings. The summed E-state index contributed by atoms with van der Waals surface area (Å²) in [5.41, 5.74) is 5.51. The van der Waals surface area contributed by atoms with Crippen molar-refractivity contribution in [1.82, 2.24) is 14.9 Å². The maximum Gasteiger partial charge on any atom is 0.143 e. The van der Waals surface area contributed by atoms with Crippen molar-refractivity contribution in [3.05, 3.63) is 65.2 Å². The van der Waals surface area contributed by atoms with Gasteiger partial charge in [0.05, 0.1) is 10.2 Å². The number of anilines is 1. The van der Waals surface area contributed by atoms with Gasteiger partial charge in [-0.2, -0.15) is 0 Å². The summed E-state index contributed by atoms with van der Waals surface area (Å²) in [6.07, 6.45) is 0. The van der Waals surface area contributed by atoms with Crippen LogP contribution >= 0.6 is 22.9 Å². The predicted molar refractivity (Wildman–Crippen MR) is 137 cm³/mol. The molecule has 0 saturated carbocycles. The quantitative estimate of drug-likeness (QED) is 0.345. The monoisotopic (exact) mass is 462 g/mol. The fourth-order valence-electron chi connectivity index (χ4n) is 4.31. The minimum Gasteiger partial charge on any atom is -0.354 e. The number of pyridine rings is 1. The molecule has 1 aliphatic rings. The molecule has 0 radical (unpaired) electrons. The van der Waals surface area contributed by atoms with Crippen LogP contribution in [0.25, 0.3) is 32.0 Å². The number of hydrogen-bond acceptors (Lipinski definition) is 5. The summed E-state index contributed by atoms with van der Waals surface area (Å²) in [5.74, 6) is 1.04. The Balaban J connectivity index is 1.49. The highest BCUT2D eigenvalue weighted by molar-refractivity contribution is 7.22. The fraction of sp³-hybridized carbons (Fsp3) is 0.308. The van der Waals surface area contributed by atoms with Crippen molar-refractivity contribution in [3.8, 4) is 21.8 Å². The lowest BCUT2D eigenvalue weighted by Gasteiger charge is -2.37. The van der Waals surface area contributed by atoms with E-state index in [1.54, 1.807) is 11.3 Å². The van der Waals surface area contributed by atoms with E-state index >= 15 is 0 Å². The zero-order valence-corrected chi connectivity index (χ0v) is 20.2. The third kappa shape index (κ3) is 4.25. The van der Waals surface area contributed by atoms with Crippen LogP contribution in [0.5, 0.6) is 0 Å². The van der Waals surface area contributed by atoms with Gasteiger partial charge in [-0.3, -0.25) is 4.90 Å². The molecular formula is C26H27ClN4S. The Hall–Kier alpha value is -2.47. The van der Waals surface area contributed by atoms with Crippen molar-refractivity contribution >= 4 is 39.0 Å². The number of fused-ring (bicyclic) bond motifs is 1. The van der Waals surface area contributed by atoms with E-state index in [1.807, 2.05) is 12.1 Å². The van der Waals surface area contributed by atoms with Crippen molar-refractivity contribution in [1.29, 1.82) is 0 Å². The smallest absolute Gasteiger partial charge is 0.143 e. The van der Waals surface area contributed by atoms with Crippen molar-refractivity contribution in [2.24, 2.45) is 0 Å². The zero-order valence-electron chi connectivity index (χ0n) is 18.7. The third-order valence-corrected chi connectivity index (χ3v) is 7.49. The molecule has 0 atom stereocenters. The largest absolute Gasteiger partial charge is 0.354 e. The van der Waals surface area contributed by atoms with Gasteiger partial charge in [0.25, 0.3) is 0 Å². The summed E-state index contributed by atoms with van der Waals surface area (Å²) in [7, 11) is 0. The molecule has 164 valence electrons. The third-order valence-electron chi connectivity index (χ3n) is 6.11. The maximum absolute atomic E-state index is 6.11. The molecule has 4 nitrogen and oxygen atoms in total. The summed E-state index contributed by atoms with van der Waals surface area (Å²) in [5, 5.41) is 1.71. The number of aromatic nitrogens is 2. The van der Waals surface area contributed by atoms with Crippen LogP contribution in [-0.4, -0.2) is 47.1 Å². The molecule has 0 N–H and O–H groups in total. The molecule has 0 amide bonds. The molecule has 32 heavy (non-hydrogen) atoms. The summed E-state index contributed by atoms with van der Waals surface area (Å²) in [4.78, 5) is 14.9. The molecule has 0 bridgehead atoms. The van der Waals surface area contributed by atoms with Crippen molar-refractivity contribution < 1.29 is 0 Å². The molecule has 1 fully saturated rings. The van der Waals surface area contributed by atoms with Gasteiger partial charge in [0.15, 0.2) is 0 Å². The van der Waals surface area contributed by atoms with Crippen LogP contribution in [0.15, 0.2) is 54.6 Å². The molecule has 1 aliphatic heterocycles. The van der Waals surface area contributed by atoms with Gasteiger partial charge in [0, 0.05) is 42.8 Å². The number of rotatable bonds is 4. The first-order valence-corrected chi connectivity index (χ1v) is 12.3. The van der Waals surface area contributed by atoms with E-state index < -0.39 is 0 Å². The highest BCUT2D eigenvalue weighted by atomic mass is 35.5. The van der Waals surface area contributed by atoms with Gasteiger partial charge >= 0.3 is 0 Å². The average molecular weight is 463 g/mol. The van der Waals surface area contributed by atoms with E-state index in [0.29, 0.717) is 6.04 Å². The molecule has 6 heteroatoms. The van der Waals surface area contributed by atoms with E-state index in [9.17, 15) is 0 Å². The van der Waals surface area contributed by atoms with Crippen LogP contribution in [0.4, 0.5) is 5.82 Å². The van der Waals surface area contributed by atoms with E-state index in [1.165, 1.54) is 15.8 Å². The molecule has 0 aliphatic carbocycles. The van der Waals surface area contributed by atoms with Gasteiger partial charge in [-0.1, -0.05) is 29.8 Å². The predicted octanol–water partition coefficient (Wildman–Crippen LogP) is 6.52. The molecule has 2 aromatic carbocycles. The summed E-state index contributed by atoms with van der Waals surface area (Å²) >= 11 is 7.82.